The summed E-state index contributed by atoms with van der Waals surface area (Å²) in [6.45, 7) is 1.58. The van der Waals surface area contributed by atoms with Crippen LogP contribution in [0, 0.1) is 5.92 Å². The van der Waals surface area contributed by atoms with Crippen LogP contribution in [-0.4, -0.2) is 54.4 Å². The summed E-state index contributed by atoms with van der Waals surface area (Å²) >= 11 is 0. The maximum atomic E-state index is 12.4. The summed E-state index contributed by atoms with van der Waals surface area (Å²) in [4.78, 5) is 13.9. The molecule has 0 saturated carbocycles. The standard InChI is InChI=1S/C12H21FN2O2/c13-5-3-9-8-15(7-4-11(9)16)12(17)10-2-1-6-14-10/h9-11,14,16H,1-8H2/t9-,10-,11-/m0/s1. The molecule has 0 unspecified atom stereocenters. The van der Waals surface area contributed by atoms with Crippen molar-refractivity contribution in [3.8, 4) is 0 Å². The Kier molecular flexibility index (Phi) is 4.34. The van der Waals surface area contributed by atoms with Crippen LogP contribution in [0.5, 0.6) is 0 Å². The first kappa shape index (κ1) is 12.8. The molecule has 0 aromatic carbocycles. The molecule has 0 aromatic heterocycles. The number of carbonyl (C=O) groups excluding carboxylic acids is 1. The van der Waals surface area contributed by atoms with Crippen molar-refractivity contribution in [3.63, 3.8) is 0 Å². The van der Waals surface area contributed by atoms with Crippen LogP contribution in [0.25, 0.3) is 0 Å². The van der Waals surface area contributed by atoms with Crippen LogP contribution in [0.4, 0.5) is 4.39 Å². The highest BCUT2D eigenvalue weighted by Gasteiger charge is 2.33. The van der Waals surface area contributed by atoms with E-state index in [1.165, 1.54) is 0 Å². The summed E-state index contributed by atoms with van der Waals surface area (Å²) in [7, 11) is 0. The minimum atomic E-state index is -0.452. The molecule has 2 aliphatic heterocycles. The molecule has 0 aromatic rings. The van der Waals surface area contributed by atoms with Crippen molar-refractivity contribution in [3.05, 3.63) is 0 Å². The lowest BCUT2D eigenvalue weighted by molar-refractivity contribution is -0.137. The Morgan fingerprint density at radius 1 is 1.47 bits per heavy atom. The summed E-state index contributed by atoms with van der Waals surface area (Å²) in [5, 5.41) is 12.9. The average molecular weight is 244 g/mol. The van der Waals surface area contributed by atoms with E-state index >= 15 is 0 Å². The van der Waals surface area contributed by atoms with Gasteiger partial charge in [0.1, 0.15) is 0 Å². The maximum Gasteiger partial charge on any atom is 0.239 e. The van der Waals surface area contributed by atoms with Crippen LogP contribution in [0.1, 0.15) is 25.7 Å². The number of hydrogen-bond donors (Lipinski definition) is 2. The summed E-state index contributed by atoms with van der Waals surface area (Å²) in [6.07, 6.45) is 2.41. The molecule has 1 amide bonds. The largest absolute Gasteiger partial charge is 0.393 e. The lowest BCUT2D eigenvalue weighted by Gasteiger charge is -2.37. The molecule has 2 saturated heterocycles. The minimum absolute atomic E-state index is 0.0590. The van der Waals surface area contributed by atoms with Gasteiger partial charge in [-0.2, -0.15) is 0 Å². The number of nitrogens with one attached hydrogen (secondary N) is 1. The van der Waals surface area contributed by atoms with Gasteiger partial charge in [0, 0.05) is 19.0 Å². The molecular weight excluding hydrogens is 223 g/mol. The topological polar surface area (TPSA) is 52.6 Å². The molecular formula is C12H21FN2O2. The van der Waals surface area contributed by atoms with Gasteiger partial charge in [-0.15, -0.1) is 0 Å². The molecule has 0 aliphatic carbocycles. The third-order valence-electron chi connectivity index (χ3n) is 3.84. The molecule has 0 spiro atoms. The first-order valence-electron chi connectivity index (χ1n) is 6.48. The van der Waals surface area contributed by atoms with Gasteiger partial charge in [-0.05, 0) is 32.2 Å². The Hall–Kier alpha value is -0.680. The Balaban J connectivity index is 1.90. The van der Waals surface area contributed by atoms with E-state index in [0.29, 0.717) is 25.9 Å². The van der Waals surface area contributed by atoms with Crippen molar-refractivity contribution in [2.45, 2.75) is 37.8 Å². The van der Waals surface area contributed by atoms with Gasteiger partial charge < -0.3 is 15.3 Å². The minimum Gasteiger partial charge on any atom is -0.393 e. The van der Waals surface area contributed by atoms with Crippen molar-refractivity contribution < 1.29 is 14.3 Å². The van der Waals surface area contributed by atoms with Gasteiger partial charge in [-0.25, -0.2) is 0 Å². The van der Waals surface area contributed by atoms with Gasteiger partial charge in [0.2, 0.25) is 5.91 Å². The monoisotopic (exact) mass is 244 g/mol. The number of halogens is 1. The predicted octanol–water partition coefficient (Wildman–Crippen LogP) is 0.307. The van der Waals surface area contributed by atoms with Crippen molar-refractivity contribution in [1.82, 2.24) is 10.2 Å². The summed E-state index contributed by atoms with van der Waals surface area (Å²) in [5.74, 6) is 0.0253. The van der Waals surface area contributed by atoms with E-state index in [1.54, 1.807) is 4.90 Å². The van der Waals surface area contributed by atoms with Gasteiger partial charge in [0.05, 0.1) is 18.8 Å². The normalized spacial score (nSPS) is 34.0. The summed E-state index contributed by atoms with van der Waals surface area (Å²) in [5.41, 5.74) is 0. The van der Waals surface area contributed by atoms with Gasteiger partial charge in [0.25, 0.3) is 0 Å². The predicted molar refractivity (Wildman–Crippen MR) is 62.3 cm³/mol. The van der Waals surface area contributed by atoms with E-state index in [0.717, 1.165) is 19.4 Å². The number of hydrogen-bond acceptors (Lipinski definition) is 3. The quantitative estimate of drug-likeness (QED) is 0.751. The van der Waals surface area contributed by atoms with E-state index < -0.39 is 12.8 Å². The first-order valence-corrected chi connectivity index (χ1v) is 6.48. The highest BCUT2D eigenvalue weighted by molar-refractivity contribution is 5.82. The van der Waals surface area contributed by atoms with Gasteiger partial charge >= 0.3 is 0 Å². The lowest BCUT2D eigenvalue weighted by atomic mass is 9.91. The number of carbonyl (C=O) groups is 1. The van der Waals surface area contributed by atoms with E-state index in [1.807, 2.05) is 0 Å². The number of nitrogens with zero attached hydrogens (tertiary/aromatic N) is 1. The van der Waals surface area contributed by atoms with Crippen LogP contribution < -0.4 is 5.32 Å². The molecule has 2 fully saturated rings. The average Bonchev–Trinajstić information content (AvgIpc) is 2.85. The van der Waals surface area contributed by atoms with Crippen LogP contribution in [0.15, 0.2) is 0 Å². The zero-order valence-electron chi connectivity index (χ0n) is 10.1. The number of aliphatic hydroxyl groups is 1. The van der Waals surface area contributed by atoms with Crippen LogP contribution >= 0.6 is 0 Å². The SMILES string of the molecule is O=C([C@@H]1CCCN1)N1CC[C@H](O)[C@@H](CCF)C1. The molecule has 2 heterocycles. The number of amides is 1. The van der Waals surface area contributed by atoms with Crippen molar-refractivity contribution in [1.29, 1.82) is 0 Å². The number of rotatable bonds is 3. The zero-order valence-corrected chi connectivity index (χ0v) is 10.1. The Bertz CT molecular complexity index is 269. The lowest BCUT2D eigenvalue weighted by Crippen LogP contribution is -2.51. The third kappa shape index (κ3) is 2.96. The van der Waals surface area contributed by atoms with E-state index in [2.05, 4.69) is 5.32 Å². The van der Waals surface area contributed by atoms with Crippen molar-refractivity contribution in [2.24, 2.45) is 5.92 Å². The molecule has 4 nitrogen and oxygen atoms in total. The highest BCUT2D eigenvalue weighted by Crippen LogP contribution is 2.22. The van der Waals surface area contributed by atoms with E-state index in [9.17, 15) is 14.3 Å². The molecule has 0 radical (unpaired) electrons. The zero-order chi connectivity index (χ0) is 12.3. The third-order valence-corrected chi connectivity index (χ3v) is 3.84. The molecule has 5 heteroatoms. The molecule has 0 bridgehead atoms. The van der Waals surface area contributed by atoms with Crippen LogP contribution in [-0.2, 0) is 4.79 Å². The molecule has 2 rings (SSSR count). The fourth-order valence-electron chi connectivity index (χ4n) is 2.76. The molecule has 3 atom stereocenters. The second-order valence-corrected chi connectivity index (χ2v) is 5.03. The molecule has 98 valence electrons. The van der Waals surface area contributed by atoms with Crippen molar-refractivity contribution in [2.75, 3.05) is 26.3 Å². The summed E-state index contributed by atoms with van der Waals surface area (Å²) in [6, 6.07) is -0.0590. The highest BCUT2D eigenvalue weighted by atomic mass is 19.1. The van der Waals surface area contributed by atoms with E-state index in [4.69, 9.17) is 0 Å². The van der Waals surface area contributed by atoms with Gasteiger partial charge in [0.15, 0.2) is 0 Å². The van der Waals surface area contributed by atoms with E-state index in [-0.39, 0.29) is 17.9 Å². The smallest absolute Gasteiger partial charge is 0.239 e. The van der Waals surface area contributed by atoms with Crippen LogP contribution in [0.2, 0.25) is 0 Å². The fraction of sp³-hybridized carbons (Fsp3) is 0.917. The fourth-order valence-corrected chi connectivity index (χ4v) is 2.76. The Labute approximate surface area is 101 Å². The number of alkyl halides is 1. The number of likely N-dealkylation sites (tertiary alicyclic amines) is 1. The molecule has 17 heavy (non-hydrogen) atoms. The van der Waals surface area contributed by atoms with Crippen molar-refractivity contribution >= 4 is 5.91 Å². The Morgan fingerprint density at radius 3 is 2.94 bits per heavy atom. The van der Waals surface area contributed by atoms with Crippen LogP contribution in [0.3, 0.4) is 0 Å². The maximum absolute atomic E-state index is 12.4. The first-order chi connectivity index (χ1) is 8.22. The second-order valence-electron chi connectivity index (χ2n) is 5.03. The number of piperidine rings is 1. The molecule has 2 aliphatic rings. The second kappa shape index (κ2) is 5.78. The van der Waals surface area contributed by atoms with Gasteiger partial charge in [-0.3, -0.25) is 9.18 Å². The molecule has 2 N–H and O–H groups in total. The Morgan fingerprint density at radius 2 is 2.29 bits per heavy atom. The summed E-state index contributed by atoms with van der Waals surface area (Å²) < 4.78 is 12.4. The van der Waals surface area contributed by atoms with Gasteiger partial charge in [-0.1, -0.05) is 0 Å². The number of aliphatic hydroxyl groups excluding tert-OH is 1.